The zero-order valence-electron chi connectivity index (χ0n) is 9.31. The van der Waals surface area contributed by atoms with E-state index in [1.165, 1.54) is 0 Å². The van der Waals surface area contributed by atoms with Crippen molar-refractivity contribution >= 4 is 9.84 Å². The Morgan fingerprint density at radius 1 is 1.53 bits per heavy atom. The van der Waals surface area contributed by atoms with Crippen LogP contribution in [-0.2, 0) is 14.6 Å². The maximum Gasteiger partial charge on any atom is 0.152 e. The van der Waals surface area contributed by atoms with Crippen LogP contribution in [0.1, 0.15) is 32.6 Å². The lowest BCUT2D eigenvalue weighted by Crippen LogP contribution is -2.23. The van der Waals surface area contributed by atoms with Crippen LogP contribution in [0.2, 0.25) is 0 Å². The summed E-state index contributed by atoms with van der Waals surface area (Å²) in [6.45, 7) is 2.60. The van der Waals surface area contributed by atoms with E-state index in [9.17, 15) is 8.42 Å². The molecule has 1 aliphatic rings. The first-order valence-electron chi connectivity index (χ1n) is 5.57. The van der Waals surface area contributed by atoms with Gasteiger partial charge in [0.2, 0.25) is 0 Å². The van der Waals surface area contributed by atoms with E-state index in [-0.39, 0.29) is 23.7 Å². The van der Waals surface area contributed by atoms with Crippen molar-refractivity contribution in [1.82, 2.24) is 0 Å². The number of hydrogen-bond acceptors (Lipinski definition) is 4. The highest BCUT2D eigenvalue weighted by atomic mass is 32.2. The van der Waals surface area contributed by atoms with Crippen LogP contribution in [0.3, 0.4) is 0 Å². The van der Waals surface area contributed by atoms with Gasteiger partial charge in [-0.05, 0) is 32.6 Å². The van der Waals surface area contributed by atoms with E-state index in [4.69, 9.17) is 10.5 Å². The van der Waals surface area contributed by atoms with E-state index in [1.54, 1.807) is 0 Å². The summed E-state index contributed by atoms with van der Waals surface area (Å²) in [6, 6.07) is 0.0860. The first kappa shape index (κ1) is 12.9. The molecule has 2 unspecified atom stereocenters. The molecule has 0 aromatic rings. The molecule has 0 bridgehead atoms. The SMILES string of the molecule is CC(N)CCCS(=O)(=O)CC1CCCO1. The highest BCUT2D eigenvalue weighted by Gasteiger charge is 2.22. The second-order valence-corrected chi connectivity index (χ2v) is 6.60. The van der Waals surface area contributed by atoms with Crippen molar-refractivity contribution in [2.75, 3.05) is 18.1 Å². The van der Waals surface area contributed by atoms with Crippen LogP contribution < -0.4 is 5.73 Å². The maximum absolute atomic E-state index is 11.6. The lowest BCUT2D eigenvalue weighted by molar-refractivity contribution is 0.127. The molecule has 1 heterocycles. The molecule has 0 spiro atoms. The third-order valence-electron chi connectivity index (χ3n) is 2.58. The standard InChI is InChI=1S/C10H21NO3S/c1-9(11)4-3-7-15(12,13)8-10-5-2-6-14-10/h9-10H,2-8,11H2,1H3. The summed E-state index contributed by atoms with van der Waals surface area (Å²) < 4.78 is 28.6. The highest BCUT2D eigenvalue weighted by molar-refractivity contribution is 7.91. The Labute approximate surface area is 92.1 Å². The fourth-order valence-electron chi connectivity index (χ4n) is 1.77. The average molecular weight is 235 g/mol. The molecule has 0 radical (unpaired) electrons. The Hall–Kier alpha value is -0.130. The van der Waals surface area contributed by atoms with Crippen LogP contribution >= 0.6 is 0 Å². The molecule has 0 amide bonds. The quantitative estimate of drug-likeness (QED) is 0.736. The van der Waals surface area contributed by atoms with Crippen LogP contribution in [0, 0.1) is 0 Å². The van der Waals surface area contributed by atoms with Gasteiger partial charge in [-0.2, -0.15) is 0 Å². The van der Waals surface area contributed by atoms with Gasteiger partial charge in [0.15, 0.2) is 9.84 Å². The summed E-state index contributed by atoms with van der Waals surface area (Å²) in [7, 11) is -2.94. The van der Waals surface area contributed by atoms with Gasteiger partial charge >= 0.3 is 0 Å². The van der Waals surface area contributed by atoms with Gasteiger partial charge in [-0.1, -0.05) is 0 Å². The molecule has 5 heteroatoms. The lowest BCUT2D eigenvalue weighted by atomic mass is 10.2. The van der Waals surface area contributed by atoms with Crippen molar-refractivity contribution in [3.63, 3.8) is 0 Å². The number of rotatable bonds is 6. The van der Waals surface area contributed by atoms with E-state index in [1.807, 2.05) is 6.92 Å². The second-order valence-electron chi connectivity index (χ2n) is 4.37. The van der Waals surface area contributed by atoms with E-state index in [2.05, 4.69) is 0 Å². The fraction of sp³-hybridized carbons (Fsp3) is 1.00. The summed E-state index contributed by atoms with van der Waals surface area (Å²) in [5.41, 5.74) is 5.57. The van der Waals surface area contributed by atoms with Gasteiger partial charge in [-0.3, -0.25) is 0 Å². The third-order valence-corrected chi connectivity index (χ3v) is 4.37. The number of ether oxygens (including phenoxy) is 1. The van der Waals surface area contributed by atoms with Crippen LogP contribution in [0.25, 0.3) is 0 Å². The summed E-state index contributed by atoms with van der Waals surface area (Å²) in [5, 5.41) is 0. The number of nitrogens with two attached hydrogens (primary N) is 1. The Morgan fingerprint density at radius 2 is 2.27 bits per heavy atom. The van der Waals surface area contributed by atoms with Gasteiger partial charge in [0.05, 0.1) is 17.6 Å². The summed E-state index contributed by atoms with van der Waals surface area (Å²) in [5.74, 6) is 0.431. The minimum absolute atomic E-state index is 0.0645. The molecule has 1 rings (SSSR count). The van der Waals surface area contributed by atoms with Crippen LogP contribution in [0.4, 0.5) is 0 Å². The molecule has 0 aromatic heterocycles. The van der Waals surface area contributed by atoms with Crippen molar-refractivity contribution in [3.05, 3.63) is 0 Å². The molecule has 4 nitrogen and oxygen atoms in total. The minimum Gasteiger partial charge on any atom is -0.377 e. The molecule has 0 aliphatic carbocycles. The number of hydrogen-bond donors (Lipinski definition) is 1. The monoisotopic (exact) mass is 235 g/mol. The van der Waals surface area contributed by atoms with Crippen molar-refractivity contribution in [2.24, 2.45) is 5.73 Å². The fourth-order valence-corrected chi connectivity index (χ4v) is 3.37. The largest absolute Gasteiger partial charge is 0.377 e. The molecule has 1 fully saturated rings. The van der Waals surface area contributed by atoms with Crippen molar-refractivity contribution in [1.29, 1.82) is 0 Å². The van der Waals surface area contributed by atoms with E-state index >= 15 is 0 Å². The van der Waals surface area contributed by atoms with Gasteiger partial charge in [0.25, 0.3) is 0 Å². The predicted octanol–water partition coefficient (Wildman–Crippen LogP) is 0.708. The third kappa shape index (κ3) is 5.49. The van der Waals surface area contributed by atoms with Gasteiger partial charge in [-0.25, -0.2) is 8.42 Å². The van der Waals surface area contributed by atoms with Gasteiger partial charge in [0, 0.05) is 12.6 Å². The molecule has 1 aliphatic heterocycles. The normalized spacial score (nSPS) is 24.3. The molecule has 2 atom stereocenters. The van der Waals surface area contributed by atoms with Crippen LogP contribution in [-0.4, -0.2) is 38.7 Å². The van der Waals surface area contributed by atoms with E-state index < -0.39 is 9.84 Å². The molecule has 1 saturated heterocycles. The van der Waals surface area contributed by atoms with Crippen LogP contribution in [0.5, 0.6) is 0 Å². The molecule has 0 saturated carbocycles. The van der Waals surface area contributed by atoms with Crippen molar-refractivity contribution < 1.29 is 13.2 Å². The number of sulfone groups is 1. The minimum atomic E-state index is -2.94. The maximum atomic E-state index is 11.6. The Morgan fingerprint density at radius 3 is 2.80 bits per heavy atom. The Balaban J connectivity index is 2.25. The first-order valence-corrected chi connectivity index (χ1v) is 7.39. The van der Waals surface area contributed by atoms with Gasteiger partial charge < -0.3 is 10.5 Å². The molecule has 2 N–H and O–H groups in total. The molecule has 90 valence electrons. The van der Waals surface area contributed by atoms with Gasteiger partial charge in [-0.15, -0.1) is 0 Å². The summed E-state index contributed by atoms with van der Waals surface area (Å²) >= 11 is 0. The van der Waals surface area contributed by atoms with E-state index in [0.29, 0.717) is 13.0 Å². The molecular weight excluding hydrogens is 214 g/mol. The Bertz CT molecular complexity index is 268. The summed E-state index contributed by atoms with van der Waals surface area (Å²) in [4.78, 5) is 0. The molecular formula is C10H21NO3S. The predicted molar refractivity (Wildman–Crippen MR) is 60.5 cm³/mol. The van der Waals surface area contributed by atoms with E-state index in [0.717, 1.165) is 19.3 Å². The lowest BCUT2D eigenvalue weighted by Gasteiger charge is -2.10. The zero-order valence-corrected chi connectivity index (χ0v) is 10.1. The zero-order chi connectivity index (χ0) is 11.3. The smallest absolute Gasteiger partial charge is 0.152 e. The van der Waals surface area contributed by atoms with Crippen molar-refractivity contribution in [2.45, 2.75) is 44.8 Å². The highest BCUT2D eigenvalue weighted by Crippen LogP contribution is 2.14. The van der Waals surface area contributed by atoms with Gasteiger partial charge in [0.1, 0.15) is 0 Å². The topological polar surface area (TPSA) is 69.4 Å². The Kier molecular flexibility index (Phi) is 5.02. The van der Waals surface area contributed by atoms with Crippen LogP contribution in [0.15, 0.2) is 0 Å². The summed E-state index contributed by atoms with van der Waals surface area (Å²) in [6.07, 6.45) is 3.23. The molecule has 15 heavy (non-hydrogen) atoms. The van der Waals surface area contributed by atoms with Crippen molar-refractivity contribution in [3.8, 4) is 0 Å². The first-order chi connectivity index (χ1) is 6.99. The second kappa shape index (κ2) is 5.82. The average Bonchev–Trinajstić information content (AvgIpc) is 2.54. The molecule has 0 aromatic carbocycles.